The van der Waals surface area contributed by atoms with Gasteiger partial charge in [-0.15, -0.1) is 6.58 Å². The Morgan fingerprint density at radius 1 is 0.413 bits per heavy atom. The first-order chi connectivity index (χ1) is 29.9. The molecule has 0 unspecified atom stereocenters. The highest BCUT2D eigenvalue weighted by molar-refractivity contribution is 5.76. The minimum absolute atomic E-state index is 0.0380. The molecule has 0 aromatic heterocycles. The maximum Gasteiger partial charge on any atom is 0.219 e. The van der Waals surface area contributed by atoms with Gasteiger partial charge in [-0.1, -0.05) is 115 Å². The van der Waals surface area contributed by atoms with Crippen LogP contribution in [-0.2, 0) is 14.4 Å². The molecular weight excluding hydrogens is 793 g/mol. The normalized spacial score (nSPS) is 11.8. The van der Waals surface area contributed by atoms with E-state index in [0.29, 0.717) is 58.5 Å². The number of hydrogen-bond acceptors (Lipinski definition) is 6. The second-order valence-corrected chi connectivity index (χ2v) is 18.8. The molecule has 0 saturated heterocycles. The van der Waals surface area contributed by atoms with Crippen molar-refractivity contribution in [3.05, 3.63) is 37.0 Å². The highest BCUT2D eigenvalue weighted by Crippen LogP contribution is 2.10. The topological polar surface area (TPSA) is 148 Å². The molecular formula is C51H105N6O6+3. The van der Waals surface area contributed by atoms with Crippen molar-refractivity contribution >= 4 is 17.7 Å². The summed E-state index contributed by atoms with van der Waals surface area (Å²) >= 11 is 0. The highest BCUT2D eigenvalue weighted by Gasteiger charge is 2.12. The first kappa shape index (κ1) is 64.7. The molecule has 0 heterocycles. The molecule has 0 bridgehead atoms. The third kappa shape index (κ3) is 66.1. The standard InChI is InChI=1S/C19H38N2O2.C17H34N2O2.C15H30N2O2/c1-4-5-6-7-8-9-10-11-12-13-14-16-19(22)20-17-15-18-21(2,3)23;1-4-5-6-7-8-9-10-11-12-14-17(20)18-15-13-16-19(2,3)21;1-4-5-6-7-8-9-10-12-15(18)16-13-11-14-17(2,3)19/h7-8,23H,4-6,9-18H2,1-3H3;5-6,21H,4,7-16H2,1-3H3;4,19H,1,5-14H2,2-3H3/p+3/b8-7+;6-5+;. The van der Waals surface area contributed by atoms with Gasteiger partial charge in [0.1, 0.15) is 19.6 Å². The first-order valence-electron chi connectivity index (χ1n) is 25.2. The Balaban J connectivity index is -0.000000861. The zero-order chi connectivity index (χ0) is 47.9. The van der Waals surface area contributed by atoms with Gasteiger partial charge in [-0.05, 0) is 70.6 Å². The number of unbranched alkanes of at least 4 members (excludes halogenated alkanes) is 17. The number of nitrogens with zero attached hydrogens (tertiary/aromatic N) is 3. The fraction of sp³-hybridized carbons (Fsp3) is 0.824. The average molecular weight is 898 g/mol. The van der Waals surface area contributed by atoms with Crippen LogP contribution in [0.5, 0.6) is 0 Å². The predicted octanol–water partition coefficient (Wildman–Crippen LogP) is 11.0. The van der Waals surface area contributed by atoms with E-state index in [4.69, 9.17) is 0 Å². The zero-order valence-corrected chi connectivity index (χ0v) is 42.5. The van der Waals surface area contributed by atoms with E-state index in [9.17, 15) is 30.0 Å². The summed E-state index contributed by atoms with van der Waals surface area (Å²) < 4.78 is -0.118. The molecule has 0 fully saturated rings. The molecule has 372 valence electrons. The summed E-state index contributed by atoms with van der Waals surface area (Å²) in [6.45, 7) is 12.0. The van der Waals surface area contributed by atoms with Gasteiger partial charge in [0.05, 0.1) is 42.3 Å². The molecule has 0 spiro atoms. The summed E-state index contributed by atoms with van der Waals surface area (Å²) in [5.41, 5.74) is 0. The van der Waals surface area contributed by atoms with Crippen LogP contribution in [0, 0.1) is 0 Å². The monoisotopic (exact) mass is 898 g/mol. The van der Waals surface area contributed by atoms with Gasteiger partial charge in [0, 0.05) is 58.2 Å². The van der Waals surface area contributed by atoms with Crippen molar-refractivity contribution in [2.45, 2.75) is 194 Å². The Morgan fingerprint density at radius 2 is 0.698 bits per heavy atom. The van der Waals surface area contributed by atoms with Gasteiger partial charge >= 0.3 is 0 Å². The second kappa shape index (κ2) is 45.9. The van der Waals surface area contributed by atoms with Gasteiger partial charge < -0.3 is 16.0 Å². The first-order valence-corrected chi connectivity index (χ1v) is 25.2. The molecule has 0 aliphatic rings. The van der Waals surface area contributed by atoms with Crippen LogP contribution >= 0.6 is 0 Å². The van der Waals surface area contributed by atoms with Gasteiger partial charge in [0.15, 0.2) is 0 Å². The summed E-state index contributed by atoms with van der Waals surface area (Å²) in [6.07, 6.45) is 41.3. The minimum atomic E-state index is -0.0411. The number of nitrogens with one attached hydrogen (secondary N) is 3. The van der Waals surface area contributed by atoms with Gasteiger partial charge in [-0.2, -0.15) is 13.9 Å². The lowest BCUT2D eigenvalue weighted by Gasteiger charge is -2.19. The van der Waals surface area contributed by atoms with Crippen LogP contribution in [0.4, 0.5) is 0 Å². The highest BCUT2D eigenvalue weighted by atomic mass is 16.5. The van der Waals surface area contributed by atoms with E-state index in [1.807, 2.05) is 6.08 Å². The molecule has 0 atom stereocenters. The molecule has 0 aliphatic heterocycles. The molecule has 0 rings (SSSR count). The summed E-state index contributed by atoms with van der Waals surface area (Å²) in [6, 6.07) is 0. The van der Waals surface area contributed by atoms with Gasteiger partial charge in [-0.25, -0.2) is 15.6 Å². The number of hydroxylamine groups is 9. The average Bonchev–Trinajstić information content (AvgIpc) is 3.20. The maximum atomic E-state index is 11.6. The van der Waals surface area contributed by atoms with E-state index < -0.39 is 0 Å². The zero-order valence-electron chi connectivity index (χ0n) is 42.5. The fourth-order valence-corrected chi connectivity index (χ4v) is 6.45. The van der Waals surface area contributed by atoms with E-state index in [2.05, 4.69) is 60.7 Å². The summed E-state index contributed by atoms with van der Waals surface area (Å²) in [5.74, 6) is 0.422. The van der Waals surface area contributed by atoms with Crippen molar-refractivity contribution in [2.75, 3.05) is 81.6 Å². The van der Waals surface area contributed by atoms with Crippen LogP contribution in [0.2, 0.25) is 0 Å². The molecule has 0 saturated carbocycles. The quantitative estimate of drug-likeness (QED) is 0.0156. The minimum Gasteiger partial charge on any atom is -0.356 e. The fourth-order valence-electron chi connectivity index (χ4n) is 6.45. The molecule has 12 nitrogen and oxygen atoms in total. The van der Waals surface area contributed by atoms with E-state index in [1.165, 1.54) is 89.9 Å². The SMILES string of the molecule is C=CCCCCCCCC(=O)NCCC[N+](C)(C)O.CC/C=C/CCCCCCCC(=O)NCCC[N+](C)(C)O.CCCC/C=C/CCCCCCCC(=O)NCCC[N+](C)(C)O. The van der Waals surface area contributed by atoms with E-state index in [0.717, 1.165) is 70.6 Å². The van der Waals surface area contributed by atoms with Crippen LogP contribution in [0.25, 0.3) is 0 Å². The lowest BCUT2D eigenvalue weighted by atomic mass is 10.1. The number of hydrogen-bond donors (Lipinski definition) is 6. The van der Waals surface area contributed by atoms with Crippen molar-refractivity contribution < 1.29 is 43.9 Å². The lowest BCUT2D eigenvalue weighted by molar-refractivity contribution is -1.07. The maximum absolute atomic E-state index is 11.6. The van der Waals surface area contributed by atoms with Gasteiger partial charge in [-0.3, -0.25) is 14.4 Å². The lowest BCUT2D eigenvalue weighted by Crippen LogP contribution is -2.38. The molecule has 63 heavy (non-hydrogen) atoms. The molecule has 0 aromatic rings. The number of amides is 3. The Hall–Kier alpha value is -2.61. The Kier molecular flexibility index (Phi) is 47.2. The molecule has 6 N–H and O–H groups in total. The van der Waals surface area contributed by atoms with Crippen molar-refractivity contribution in [2.24, 2.45) is 0 Å². The number of carbonyl (C=O) groups excluding carboxylic acids is 3. The van der Waals surface area contributed by atoms with Crippen molar-refractivity contribution in [1.29, 1.82) is 0 Å². The molecule has 0 aromatic carbocycles. The molecule has 0 aliphatic carbocycles. The van der Waals surface area contributed by atoms with E-state index in [1.54, 1.807) is 42.3 Å². The van der Waals surface area contributed by atoms with Crippen molar-refractivity contribution in [3.8, 4) is 0 Å². The number of quaternary nitrogens is 3. The molecule has 12 heteroatoms. The smallest absolute Gasteiger partial charge is 0.219 e. The second-order valence-electron chi connectivity index (χ2n) is 18.8. The molecule has 3 amide bonds. The summed E-state index contributed by atoms with van der Waals surface area (Å²) in [7, 11) is 10.4. The third-order valence-electron chi connectivity index (χ3n) is 10.3. The van der Waals surface area contributed by atoms with E-state index >= 15 is 0 Å². The summed E-state index contributed by atoms with van der Waals surface area (Å²) in [5, 5.41) is 37.2. The number of allylic oxidation sites excluding steroid dienone is 5. The van der Waals surface area contributed by atoms with Crippen molar-refractivity contribution in [3.63, 3.8) is 0 Å². The Labute approximate surface area is 388 Å². The largest absolute Gasteiger partial charge is 0.356 e. The molecule has 0 radical (unpaired) electrons. The van der Waals surface area contributed by atoms with Crippen LogP contribution in [0.15, 0.2) is 37.0 Å². The van der Waals surface area contributed by atoms with Crippen molar-refractivity contribution in [1.82, 2.24) is 16.0 Å². The predicted molar refractivity (Wildman–Crippen MR) is 264 cm³/mol. The van der Waals surface area contributed by atoms with Gasteiger partial charge in [0.2, 0.25) is 17.7 Å². The van der Waals surface area contributed by atoms with Crippen LogP contribution in [0.3, 0.4) is 0 Å². The third-order valence-corrected chi connectivity index (χ3v) is 10.3. The van der Waals surface area contributed by atoms with E-state index in [-0.39, 0.29) is 31.7 Å². The number of rotatable bonds is 40. The Morgan fingerprint density at radius 3 is 1.00 bits per heavy atom. The van der Waals surface area contributed by atoms with Crippen LogP contribution < -0.4 is 16.0 Å². The van der Waals surface area contributed by atoms with Crippen LogP contribution in [-0.4, -0.2) is 129 Å². The van der Waals surface area contributed by atoms with Crippen LogP contribution in [0.1, 0.15) is 194 Å². The summed E-state index contributed by atoms with van der Waals surface area (Å²) in [4.78, 5) is 34.7. The number of carbonyl (C=O) groups is 3. The Bertz CT molecular complexity index is 1110. The van der Waals surface area contributed by atoms with Gasteiger partial charge in [0.25, 0.3) is 0 Å².